The van der Waals surface area contributed by atoms with E-state index < -0.39 is 0 Å². The average molecular weight is 370 g/mol. The summed E-state index contributed by atoms with van der Waals surface area (Å²) in [6.07, 6.45) is 0. The number of hydrogen-bond acceptors (Lipinski definition) is 6. The maximum Gasteiger partial charge on any atom is 0.265 e. The van der Waals surface area contributed by atoms with Gasteiger partial charge in [-0.05, 0) is 36.4 Å². The number of anilines is 1. The number of rotatable bonds is 6. The summed E-state index contributed by atoms with van der Waals surface area (Å²) in [6.45, 7) is 0. The molecule has 0 aliphatic carbocycles. The van der Waals surface area contributed by atoms with Crippen LogP contribution in [0.1, 0.15) is 10.4 Å². The van der Waals surface area contributed by atoms with Crippen molar-refractivity contribution in [3.05, 3.63) is 53.4 Å². The highest BCUT2D eigenvalue weighted by Gasteiger charge is 2.19. The molecule has 0 saturated carbocycles. The normalized spacial score (nSPS) is 10.3. The molecular weight excluding hydrogens is 352 g/mol. The van der Waals surface area contributed by atoms with Crippen LogP contribution in [0.3, 0.4) is 0 Å². The van der Waals surface area contributed by atoms with Gasteiger partial charge in [-0.2, -0.15) is 0 Å². The van der Waals surface area contributed by atoms with Gasteiger partial charge in [0.25, 0.3) is 5.91 Å². The lowest BCUT2D eigenvalue weighted by Crippen LogP contribution is -2.14. The molecule has 1 heterocycles. The zero-order valence-corrected chi connectivity index (χ0v) is 15.4. The summed E-state index contributed by atoms with van der Waals surface area (Å²) in [6, 6.07) is 12.8. The summed E-state index contributed by atoms with van der Waals surface area (Å²) in [5.41, 5.74) is 2.05. The van der Waals surface area contributed by atoms with Crippen LogP contribution >= 0.6 is 11.3 Å². The monoisotopic (exact) mass is 370 g/mol. The molecule has 0 saturated heterocycles. The number of ether oxygens (including phenoxy) is 3. The molecule has 1 N–H and O–H groups in total. The van der Waals surface area contributed by atoms with E-state index in [1.54, 1.807) is 25.3 Å². The number of carbonyl (C=O) groups excluding carboxylic acids is 1. The smallest absolute Gasteiger partial charge is 0.265 e. The first kappa shape index (κ1) is 17.8. The van der Waals surface area contributed by atoms with Crippen LogP contribution in [0.25, 0.3) is 11.3 Å². The number of methoxy groups -OCH3 is 3. The lowest BCUT2D eigenvalue weighted by atomic mass is 10.1. The number of nitrogens with zero attached hydrogens (tertiary/aromatic N) is 1. The van der Waals surface area contributed by atoms with Crippen molar-refractivity contribution in [3.63, 3.8) is 0 Å². The molecule has 7 heteroatoms. The van der Waals surface area contributed by atoms with Crippen molar-refractivity contribution in [1.82, 2.24) is 4.98 Å². The van der Waals surface area contributed by atoms with Crippen molar-refractivity contribution in [2.75, 3.05) is 26.6 Å². The zero-order chi connectivity index (χ0) is 18.5. The Labute approximate surface area is 155 Å². The van der Waals surface area contributed by atoms with Crippen LogP contribution in [-0.2, 0) is 0 Å². The van der Waals surface area contributed by atoms with Gasteiger partial charge in [-0.25, -0.2) is 4.98 Å². The molecule has 26 heavy (non-hydrogen) atoms. The van der Waals surface area contributed by atoms with Crippen LogP contribution in [0.5, 0.6) is 17.2 Å². The van der Waals surface area contributed by atoms with Gasteiger partial charge in [-0.1, -0.05) is 6.07 Å². The van der Waals surface area contributed by atoms with Gasteiger partial charge in [-0.15, -0.1) is 11.3 Å². The molecule has 0 spiro atoms. The highest BCUT2D eigenvalue weighted by molar-refractivity contribution is 7.14. The second-order valence-electron chi connectivity index (χ2n) is 5.26. The van der Waals surface area contributed by atoms with E-state index in [1.165, 1.54) is 25.6 Å². The van der Waals surface area contributed by atoms with E-state index in [-0.39, 0.29) is 5.91 Å². The molecule has 1 aromatic heterocycles. The molecule has 0 aliphatic heterocycles. The molecule has 2 aromatic carbocycles. The second kappa shape index (κ2) is 7.88. The number of amides is 1. The second-order valence-corrected chi connectivity index (χ2v) is 6.12. The molecule has 0 bridgehead atoms. The summed E-state index contributed by atoms with van der Waals surface area (Å²) >= 11 is 1.35. The van der Waals surface area contributed by atoms with Crippen LogP contribution in [0, 0.1) is 0 Å². The lowest BCUT2D eigenvalue weighted by Gasteiger charge is -2.11. The predicted octanol–water partition coefficient (Wildman–Crippen LogP) is 4.09. The van der Waals surface area contributed by atoms with Gasteiger partial charge in [0.05, 0.1) is 27.0 Å². The van der Waals surface area contributed by atoms with Crippen LogP contribution in [0.2, 0.25) is 0 Å². The third-order valence-electron chi connectivity index (χ3n) is 3.77. The van der Waals surface area contributed by atoms with E-state index >= 15 is 0 Å². The fourth-order valence-electron chi connectivity index (χ4n) is 2.46. The quantitative estimate of drug-likeness (QED) is 0.708. The average Bonchev–Trinajstić information content (AvgIpc) is 3.15. The van der Waals surface area contributed by atoms with Crippen molar-refractivity contribution in [1.29, 1.82) is 0 Å². The van der Waals surface area contributed by atoms with Crippen LogP contribution < -0.4 is 19.5 Å². The Morgan fingerprint density at radius 2 is 1.62 bits per heavy atom. The zero-order valence-electron chi connectivity index (χ0n) is 14.6. The van der Waals surface area contributed by atoms with Gasteiger partial charge < -0.3 is 14.2 Å². The summed E-state index contributed by atoms with van der Waals surface area (Å²) in [7, 11) is 4.64. The standard InChI is InChI=1S/C19H18N2O4S/c1-23-13-9-7-12(8-10-13)14-11-26-19(20-14)21-18(22)17-15(24-2)5-4-6-16(17)25-3/h4-11H,1-3H3,(H,20,21,22). The molecule has 0 radical (unpaired) electrons. The number of nitrogens with one attached hydrogen (secondary N) is 1. The highest BCUT2D eigenvalue weighted by atomic mass is 32.1. The highest BCUT2D eigenvalue weighted by Crippen LogP contribution is 2.31. The number of carbonyl (C=O) groups is 1. The van der Waals surface area contributed by atoms with Crippen LogP contribution in [0.4, 0.5) is 5.13 Å². The number of aromatic nitrogens is 1. The summed E-state index contributed by atoms with van der Waals surface area (Å²) < 4.78 is 15.7. The molecule has 3 aromatic rings. The fraction of sp³-hybridized carbons (Fsp3) is 0.158. The van der Waals surface area contributed by atoms with E-state index in [1.807, 2.05) is 29.6 Å². The molecule has 3 rings (SSSR count). The Hall–Kier alpha value is -3.06. The Balaban J connectivity index is 1.82. The molecule has 0 fully saturated rings. The van der Waals surface area contributed by atoms with E-state index in [2.05, 4.69) is 10.3 Å². The van der Waals surface area contributed by atoms with Gasteiger partial charge in [0.15, 0.2) is 5.13 Å². The Morgan fingerprint density at radius 1 is 0.962 bits per heavy atom. The summed E-state index contributed by atoms with van der Waals surface area (Å²) in [5.74, 6) is 1.32. The van der Waals surface area contributed by atoms with Gasteiger partial charge in [0.1, 0.15) is 22.8 Å². The number of hydrogen-bond donors (Lipinski definition) is 1. The van der Waals surface area contributed by atoms with Gasteiger partial charge >= 0.3 is 0 Å². The third kappa shape index (κ3) is 3.62. The van der Waals surface area contributed by atoms with Crippen molar-refractivity contribution in [2.24, 2.45) is 0 Å². The summed E-state index contributed by atoms with van der Waals surface area (Å²) in [5, 5.41) is 5.18. The minimum absolute atomic E-state index is 0.332. The molecule has 134 valence electrons. The Bertz CT molecular complexity index is 884. The molecule has 1 amide bonds. The van der Waals surface area contributed by atoms with Crippen molar-refractivity contribution >= 4 is 22.4 Å². The van der Waals surface area contributed by atoms with Crippen molar-refractivity contribution in [2.45, 2.75) is 0 Å². The van der Waals surface area contributed by atoms with E-state index in [0.717, 1.165) is 17.0 Å². The fourth-order valence-corrected chi connectivity index (χ4v) is 3.17. The SMILES string of the molecule is COc1ccc(-c2csc(NC(=O)c3c(OC)cccc3OC)n2)cc1. The van der Waals surface area contributed by atoms with Crippen LogP contribution in [-0.4, -0.2) is 32.2 Å². The Kier molecular flexibility index (Phi) is 5.38. The first-order valence-corrected chi connectivity index (χ1v) is 8.66. The lowest BCUT2D eigenvalue weighted by molar-refractivity contribution is 0.102. The molecule has 0 atom stereocenters. The number of thiazole rings is 1. The predicted molar refractivity (Wildman–Crippen MR) is 102 cm³/mol. The Morgan fingerprint density at radius 3 is 2.19 bits per heavy atom. The molecule has 0 aliphatic rings. The van der Waals surface area contributed by atoms with Crippen LogP contribution in [0.15, 0.2) is 47.8 Å². The summed E-state index contributed by atoms with van der Waals surface area (Å²) in [4.78, 5) is 17.2. The van der Waals surface area contributed by atoms with E-state index in [4.69, 9.17) is 14.2 Å². The third-order valence-corrected chi connectivity index (χ3v) is 4.52. The topological polar surface area (TPSA) is 69.7 Å². The number of benzene rings is 2. The molecule has 6 nitrogen and oxygen atoms in total. The molecular formula is C19H18N2O4S. The minimum atomic E-state index is -0.338. The van der Waals surface area contributed by atoms with Gasteiger partial charge in [0, 0.05) is 10.9 Å². The van der Waals surface area contributed by atoms with Gasteiger partial charge in [-0.3, -0.25) is 10.1 Å². The van der Waals surface area contributed by atoms with Crippen molar-refractivity contribution in [3.8, 4) is 28.5 Å². The maximum atomic E-state index is 12.7. The van der Waals surface area contributed by atoms with E-state index in [0.29, 0.717) is 22.2 Å². The van der Waals surface area contributed by atoms with Gasteiger partial charge in [0.2, 0.25) is 0 Å². The first-order valence-electron chi connectivity index (χ1n) is 7.78. The largest absolute Gasteiger partial charge is 0.497 e. The molecule has 0 unspecified atom stereocenters. The van der Waals surface area contributed by atoms with E-state index in [9.17, 15) is 4.79 Å². The minimum Gasteiger partial charge on any atom is -0.497 e. The van der Waals surface area contributed by atoms with Crippen molar-refractivity contribution < 1.29 is 19.0 Å². The maximum absolute atomic E-state index is 12.7. The first-order chi connectivity index (χ1) is 12.7.